The highest BCUT2D eigenvalue weighted by Gasteiger charge is 1.99. The van der Waals surface area contributed by atoms with Crippen molar-refractivity contribution < 1.29 is 9.47 Å². The summed E-state index contributed by atoms with van der Waals surface area (Å²) in [6.07, 6.45) is 2.63. The molecule has 0 aromatic heterocycles. The third kappa shape index (κ3) is 6.79. The molecule has 0 spiro atoms. The molecule has 0 radical (unpaired) electrons. The molecular weight excluding hydrogens is 260 g/mol. The minimum absolute atomic E-state index is 0.489. The van der Waals surface area contributed by atoms with Crippen molar-refractivity contribution in [3.63, 3.8) is 0 Å². The molecule has 1 rings (SSSR count). The number of nitrogens with one attached hydrogen (secondary N) is 2. The molecule has 1 aromatic rings. The SMILES string of the molecule is C=CCOc1cccc(NC(=S)NCCCOC)c1. The third-order valence-corrected chi connectivity index (χ3v) is 2.52. The summed E-state index contributed by atoms with van der Waals surface area (Å²) in [6.45, 7) is 5.61. The Morgan fingerprint density at radius 2 is 2.32 bits per heavy atom. The van der Waals surface area contributed by atoms with Crippen LogP contribution in [0, 0.1) is 0 Å². The first-order valence-corrected chi connectivity index (χ1v) is 6.54. The summed E-state index contributed by atoms with van der Waals surface area (Å²) in [6, 6.07) is 7.63. The van der Waals surface area contributed by atoms with Gasteiger partial charge in [-0.05, 0) is 30.8 Å². The van der Waals surface area contributed by atoms with Gasteiger partial charge in [-0.1, -0.05) is 18.7 Å². The molecular formula is C14H20N2O2S. The number of hydrogen-bond donors (Lipinski definition) is 2. The highest BCUT2D eigenvalue weighted by molar-refractivity contribution is 7.80. The van der Waals surface area contributed by atoms with Crippen LogP contribution in [0.3, 0.4) is 0 Å². The third-order valence-electron chi connectivity index (χ3n) is 2.27. The monoisotopic (exact) mass is 280 g/mol. The number of rotatable bonds is 8. The van der Waals surface area contributed by atoms with Crippen molar-refractivity contribution in [2.24, 2.45) is 0 Å². The second-order valence-electron chi connectivity index (χ2n) is 3.85. The zero-order valence-corrected chi connectivity index (χ0v) is 12.0. The second-order valence-corrected chi connectivity index (χ2v) is 4.26. The Morgan fingerprint density at radius 1 is 1.47 bits per heavy atom. The number of hydrogen-bond acceptors (Lipinski definition) is 3. The molecule has 0 bridgehead atoms. The van der Waals surface area contributed by atoms with Crippen LogP contribution in [0.4, 0.5) is 5.69 Å². The number of ether oxygens (including phenoxy) is 2. The summed E-state index contributed by atoms with van der Waals surface area (Å²) >= 11 is 5.20. The molecule has 0 aliphatic rings. The molecule has 5 heteroatoms. The zero-order chi connectivity index (χ0) is 13.9. The minimum atomic E-state index is 0.489. The van der Waals surface area contributed by atoms with Crippen LogP contribution in [0.5, 0.6) is 5.75 Å². The van der Waals surface area contributed by atoms with Gasteiger partial charge in [0.15, 0.2) is 5.11 Å². The van der Waals surface area contributed by atoms with Gasteiger partial charge in [-0.15, -0.1) is 0 Å². The van der Waals surface area contributed by atoms with E-state index in [2.05, 4.69) is 17.2 Å². The minimum Gasteiger partial charge on any atom is -0.489 e. The van der Waals surface area contributed by atoms with Crippen LogP contribution in [-0.2, 0) is 4.74 Å². The van der Waals surface area contributed by atoms with Crippen molar-refractivity contribution in [3.05, 3.63) is 36.9 Å². The number of anilines is 1. The first kappa shape index (κ1) is 15.5. The molecule has 0 atom stereocenters. The maximum absolute atomic E-state index is 5.45. The quantitative estimate of drug-likeness (QED) is 0.435. The van der Waals surface area contributed by atoms with E-state index < -0.39 is 0 Å². The van der Waals surface area contributed by atoms with E-state index in [0.29, 0.717) is 11.7 Å². The fraction of sp³-hybridized carbons (Fsp3) is 0.357. The summed E-state index contributed by atoms with van der Waals surface area (Å²) in [5.74, 6) is 0.784. The first-order valence-electron chi connectivity index (χ1n) is 6.14. The molecule has 2 N–H and O–H groups in total. The topological polar surface area (TPSA) is 42.5 Å². The lowest BCUT2D eigenvalue weighted by atomic mass is 10.3. The van der Waals surface area contributed by atoms with E-state index >= 15 is 0 Å². The van der Waals surface area contributed by atoms with Crippen LogP contribution < -0.4 is 15.4 Å². The lowest BCUT2D eigenvalue weighted by Crippen LogP contribution is -2.29. The van der Waals surface area contributed by atoms with Gasteiger partial charge < -0.3 is 20.1 Å². The summed E-state index contributed by atoms with van der Waals surface area (Å²) in [5.41, 5.74) is 0.894. The molecule has 104 valence electrons. The van der Waals surface area contributed by atoms with Gasteiger partial charge in [-0.2, -0.15) is 0 Å². The van der Waals surface area contributed by atoms with Crippen molar-refractivity contribution in [2.75, 3.05) is 32.2 Å². The van der Waals surface area contributed by atoms with E-state index in [1.807, 2.05) is 24.3 Å². The van der Waals surface area contributed by atoms with Crippen LogP contribution in [0.25, 0.3) is 0 Å². The van der Waals surface area contributed by atoms with E-state index in [1.165, 1.54) is 0 Å². The largest absolute Gasteiger partial charge is 0.489 e. The molecule has 4 nitrogen and oxygen atoms in total. The van der Waals surface area contributed by atoms with Crippen LogP contribution in [0.1, 0.15) is 6.42 Å². The molecule has 0 unspecified atom stereocenters. The Labute approximate surface area is 119 Å². The van der Waals surface area contributed by atoms with Gasteiger partial charge in [0.25, 0.3) is 0 Å². The highest BCUT2D eigenvalue weighted by Crippen LogP contribution is 2.17. The summed E-state index contributed by atoms with van der Waals surface area (Å²) < 4.78 is 10.4. The Kier molecular flexibility index (Phi) is 7.62. The lowest BCUT2D eigenvalue weighted by molar-refractivity contribution is 0.196. The van der Waals surface area contributed by atoms with Crippen LogP contribution in [0.15, 0.2) is 36.9 Å². The lowest BCUT2D eigenvalue weighted by Gasteiger charge is -2.11. The predicted molar refractivity (Wildman–Crippen MR) is 82.9 cm³/mol. The van der Waals surface area contributed by atoms with Crippen molar-refractivity contribution >= 4 is 23.0 Å². The normalized spacial score (nSPS) is 9.74. The van der Waals surface area contributed by atoms with Crippen LogP contribution in [-0.4, -0.2) is 32.0 Å². The van der Waals surface area contributed by atoms with E-state index in [4.69, 9.17) is 21.7 Å². The smallest absolute Gasteiger partial charge is 0.170 e. The number of methoxy groups -OCH3 is 1. The molecule has 19 heavy (non-hydrogen) atoms. The van der Waals surface area contributed by atoms with Gasteiger partial charge in [0.1, 0.15) is 12.4 Å². The molecule has 1 aromatic carbocycles. The first-order chi connectivity index (χ1) is 9.26. The second kappa shape index (κ2) is 9.35. The maximum atomic E-state index is 5.45. The Hall–Kier alpha value is -1.59. The molecule has 0 saturated heterocycles. The van der Waals surface area contributed by atoms with Gasteiger partial charge >= 0.3 is 0 Å². The molecule has 0 aliphatic heterocycles. The molecule has 0 aliphatic carbocycles. The van der Waals surface area contributed by atoms with E-state index in [9.17, 15) is 0 Å². The van der Waals surface area contributed by atoms with Crippen LogP contribution in [0.2, 0.25) is 0 Å². The van der Waals surface area contributed by atoms with Gasteiger partial charge in [0, 0.05) is 32.0 Å². The summed E-state index contributed by atoms with van der Waals surface area (Å²) in [7, 11) is 1.69. The van der Waals surface area contributed by atoms with E-state index in [1.54, 1.807) is 13.2 Å². The standard InChI is InChI=1S/C14H20N2O2S/c1-3-9-18-13-7-4-6-12(11-13)16-14(19)15-8-5-10-17-2/h3-4,6-7,11H,1,5,8-10H2,2H3,(H2,15,16,19). The van der Waals surface area contributed by atoms with Crippen molar-refractivity contribution in [1.82, 2.24) is 5.32 Å². The molecule has 0 fully saturated rings. The summed E-state index contributed by atoms with van der Waals surface area (Å²) in [5, 5.41) is 6.82. The Balaban J connectivity index is 2.38. The van der Waals surface area contributed by atoms with E-state index in [0.717, 1.165) is 31.0 Å². The molecule has 0 amide bonds. The van der Waals surface area contributed by atoms with Gasteiger partial charge in [0.2, 0.25) is 0 Å². The number of thiocarbonyl (C=S) groups is 1. The fourth-order valence-electron chi connectivity index (χ4n) is 1.41. The van der Waals surface area contributed by atoms with Gasteiger partial charge in [0.05, 0.1) is 0 Å². The summed E-state index contributed by atoms with van der Waals surface area (Å²) in [4.78, 5) is 0. The van der Waals surface area contributed by atoms with Crippen molar-refractivity contribution in [3.8, 4) is 5.75 Å². The van der Waals surface area contributed by atoms with Gasteiger partial charge in [-0.25, -0.2) is 0 Å². The fourth-order valence-corrected chi connectivity index (χ4v) is 1.63. The average Bonchev–Trinajstić information content (AvgIpc) is 2.42. The van der Waals surface area contributed by atoms with Gasteiger partial charge in [-0.3, -0.25) is 0 Å². The number of benzene rings is 1. The molecule has 0 heterocycles. The molecule has 0 saturated carbocycles. The Bertz CT molecular complexity index is 410. The average molecular weight is 280 g/mol. The predicted octanol–water partition coefficient (Wildman–Crippen LogP) is 2.57. The Morgan fingerprint density at radius 3 is 3.05 bits per heavy atom. The highest BCUT2D eigenvalue weighted by atomic mass is 32.1. The van der Waals surface area contributed by atoms with Crippen LogP contribution >= 0.6 is 12.2 Å². The maximum Gasteiger partial charge on any atom is 0.170 e. The van der Waals surface area contributed by atoms with Crippen molar-refractivity contribution in [2.45, 2.75) is 6.42 Å². The zero-order valence-electron chi connectivity index (χ0n) is 11.1. The van der Waals surface area contributed by atoms with E-state index in [-0.39, 0.29) is 0 Å². The van der Waals surface area contributed by atoms with Crippen molar-refractivity contribution in [1.29, 1.82) is 0 Å².